The molecule has 0 aliphatic carbocycles. The fraction of sp³-hybridized carbons (Fsp3) is 0.933. The predicted molar refractivity (Wildman–Crippen MR) is 82.7 cm³/mol. The van der Waals surface area contributed by atoms with Gasteiger partial charge in [-0.05, 0) is 40.5 Å². The van der Waals surface area contributed by atoms with Crippen LogP contribution in [0.25, 0.3) is 0 Å². The van der Waals surface area contributed by atoms with Crippen molar-refractivity contribution < 1.29 is 68.6 Å². The number of nitrogens with zero attached hydrogens (tertiary/aromatic N) is 1. The van der Waals surface area contributed by atoms with Crippen molar-refractivity contribution in [1.29, 1.82) is 0 Å². The van der Waals surface area contributed by atoms with E-state index in [1.807, 2.05) is 27.7 Å². The van der Waals surface area contributed by atoms with Crippen molar-refractivity contribution >= 4 is 6.09 Å². The number of rotatable bonds is 3. The van der Waals surface area contributed by atoms with E-state index in [1.165, 1.54) is 0 Å². The van der Waals surface area contributed by atoms with Crippen molar-refractivity contribution in [3.63, 3.8) is 0 Å². The Balaban J connectivity index is -0.000000575. The number of carbonyl (C=O) groups excluding carboxylic acids is 1. The fourth-order valence-electron chi connectivity index (χ4n) is 1.87. The number of hydrogen-bond donors (Lipinski definition) is 2. The number of hydrogen-bond acceptors (Lipinski definition) is 5. The molecule has 1 aliphatic rings. The van der Waals surface area contributed by atoms with Gasteiger partial charge in [0.05, 0.1) is 12.2 Å². The second-order valence-corrected chi connectivity index (χ2v) is 6.60. The van der Waals surface area contributed by atoms with Gasteiger partial charge < -0.3 is 26.0 Å². The molecule has 1 amide bonds. The summed E-state index contributed by atoms with van der Waals surface area (Å²) in [6.07, 6.45) is -3.64. The third-order valence-electron chi connectivity index (χ3n) is 3.10. The van der Waals surface area contributed by atoms with Gasteiger partial charge in [0.25, 0.3) is 0 Å². The van der Waals surface area contributed by atoms with Crippen LogP contribution in [0.3, 0.4) is 0 Å². The Morgan fingerprint density at radius 2 is 1.68 bits per heavy atom. The average molecular weight is 383 g/mol. The molecule has 10 heteroatoms. The first-order valence-electron chi connectivity index (χ1n) is 7.77. The second-order valence-electron chi connectivity index (χ2n) is 6.60. The van der Waals surface area contributed by atoms with Crippen LogP contribution in [0.1, 0.15) is 42.0 Å². The Morgan fingerprint density at radius 1 is 1.24 bits per heavy atom. The third-order valence-corrected chi connectivity index (χ3v) is 3.10. The van der Waals surface area contributed by atoms with Gasteiger partial charge in [-0.3, -0.25) is 0 Å². The van der Waals surface area contributed by atoms with Crippen molar-refractivity contribution in [1.82, 2.24) is 4.90 Å². The molecule has 1 fully saturated rings. The summed E-state index contributed by atoms with van der Waals surface area (Å²) < 4.78 is 42.2. The van der Waals surface area contributed by atoms with Crippen LogP contribution in [0.4, 0.5) is 18.0 Å². The SMILES string of the molecule is CCOCC1(O)CCN(C(=O)OC(C)(C)C)CC1.OCC(F)(F)F.[H-].[Na+]. The molecule has 0 aromatic heterocycles. The third kappa shape index (κ3) is 13.8. The van der Waals surface area contributed by atoms with Crippen LogP contribution < -0.4 is 29.6 Å². The molecule has 1 saturated heterocycles. The first-order valence-corrected chi connectivity index (χ1v) is 7.77. The van der Waals surface area contributed by atoms with Crippen LogP contribution >= 0.6 is 0 Å². The number of aliphatic hydroxyl groups excluding tert-OH is 1. The summed E-state index contributed by atoms with van der Waals surface area (Å²) in [5.74, 6) is 0. The monoisotopic (exact) mass is 383 g/mol. The molecular formula is C15H29F3NNaO5. The van der Waals surface area contributed by atoms with E-state index in [0.717, 1.165) is 0 Å². The van der Waals surface area contributed by atoms with Crippen LogP contribution in [0.2, 0.25) is 0 Å². The van der Waals surface area contributed by atoms with Crippen molar-refractivity contribution in [3.8, 4) is 0 Å². The normalized spacial score (nSPS) is 17.1. The number of likely N-dealkylation sites (tertiary alicyclic amines) is 1. The van der Waals surface area contributed by atoms with Gasteiger partial charge in [-0.2, -0.15) is 13.2 Å². The topological polar surface area (TPSA) is 79.2 Å². The van der Waals surface area contributed by atoms with Gasteiger partial charge in [0.1, 0.15) is 12.2 Å². The first-order chi connectivity index (χ1) is 10.8. The van der Waals surface area contributed by atoms with Gasteiger partial charge in [-0.15, -0.1) is 0 Å². The molecule has 6 nitrogen and oxygen atoms in total. The quantitative estimate of drug-likeness (QED) is 0.639. The summed E-state index contributed by atoms with van der Waals surface area (Å²) in [7, 11) is 0. The molecule has 0 atom stereocenters. The molecule has 0 aromatic carbocycles. The molecular weight excluding hydrogens is 354 g/mol. The van der Waals surface area contributed by atoms with Crippen LogP contribution in [-0.2, 0) is 9.47 Å². The number of carbonyl (C=O) groups is 1. The van der Waals surface area contributed by atoms with E-state index in [4.69, 9.17) is 14.6 Å². The van der Waals surface area contributed by atoms with E-state index in [2.05, 4.69) is 0 Å². The molecule has 0 spiro atoms. The average Bonchev–Trinajstić information content (AvgIpc) is 2.44. The van der Waals surface area contributed by atoms with Gasteiger partial charge in [0, 0.05) is 19.7 Å². The van der Waals surface area contributed by atoms with Gasteiger partial charge in [-0.1, -0.05) is 0 Å². The van der Waals surface area contributed by atoms with E-state index in [-0.39, 0.29) is 37.1 Å². The van der Waals surface area contributed by atoms with Crippen LogP contribution in [-0.4, -0.2) is 71.5 Å². The molecule has 0 unspecified atom stereocenters. The van der Waals surface area contributed by atoms with E-state index < -0.39 is 24.0 Å². The number of aliphatic hydroxyl groups is 2. The number of amides is 1. The predicted octanol–water partition coefficient (Wildman–Crippen LogP) is -0.558. The molecule has 0 aromatic rings. The molecule has 25 heavy (non-hydrogen) atoms. The minimum Gasteiger partial charge on any atom is -1.00 e. The molecule has 0 radical (unpaired) electrons. The van der Waals surface area contributed by atoms with E-state index in [9.17, 15) is 23.1 Å². The maximum Gasteiger partial charge on any atom is 1.00 e. The summed E-state index contributed by atoms with van der Waals surface area (Å²) in [6.45, 7) is 7.67. The zero-order chi connectivity index (χ0) is 19.0. The van der Waals surface area contributed by atoms with Crippen LogP contribution in [0, 0.1) is 0 Å². The van der Waals surface area contributed by atoms with Gasteiger partial charge in [0.2, 0.25) is 0 Å². The molecule has 2 N–H and O–H groups in total. The minimum absolute atomic E-state index is 0. The molecule has 0 bridgehead atoms. The Bertz CT molecular complexity index is 386. The maximum absolute atomic E-state index is 11.8. The number of ether oxygens (including phenoxy) is 2. The zero-order valence-electron chi connectivity index (χ0n) is 16.7. The van der Waals surface area contributed by atoms with Crippen molar-refractivity contribution in [2.75, 3.05) is 32.9 Å². The first kappa shape index (κ1) is 27.2. The second kappa shape index (κ2) is 11.6. The van der Waals surface area contributed by atoms with Gasteiger partial charge >= 0.3 is 41.8 Å². The smallest absolute Gasteiger partial charge is 1.00 e. The van der Waals surface area contributed by atoms with Crippen LogP contribution in [0.5, 0.6) is 0 Å². The molecule has 1 aliphatic heterocycles. The minimum atomic E-state index is -4.40. The summed E-state index contributed by atoms with van der Waals surface area (Å²) in [5, 5.41) is 17.5. The summed E-state index contributed by atoms with van der Waals surface area (Å²) in [5.41, 5.74) is -1.27. The van der Waals surface area contributed by atoms with Gasteiger partial charge in [-0.25, -0.2) is 4.79 Å². The van der Waals surface area contributed by atoms with Crippen LogP contribution in [0.15, 0.2) is 0 Å². The maximum atomic E-state index is 11.8. The Labute approximate surface area is 170 Å². The number of alkyl halides is 3. The fourth-order valence-corrected chi connectivity index (χ4v) is 1.87. The van der Waals surface area contributed by atoms with E-state index in [0.29, 0.717) is 39.1 Å². The number of halogens is 3. The zero-order valence-corrected chi connectivity index (χ0v) is 17.7. The van der Waals surface area contributed by atoms with Gasteiger partial charge in [0.15, 0.2) is 0 Å². The molecule has 1 rings (SSSR count). The molecule has 1 heterocycles. The standard InChI is InChI=1S/C13H25NO4.C2H3F3O.Na.H/c1-5-17-10-13(16)6-8-14(9-7-13)11(15)18-12(2,3)4;3-2(4,5)1-6;;/h16H,5-10H2,1-4H3;6H,1H2;;/q;;+1;-1. The Morgan fingerprint density at radius 3 is 2.00 bits per heavy atom. The summed E-state index contributed by atoms with van der Waals surface area (Å²) >= 11 is 0. The summed E-state index contributed by atoms with van der Waals surface area (Å²) in [6, 6.07) is 0. The van der Waals surface area contributed by atoms with Crippen molar-refractivity contribution in [2.45, 2.75) is 57.9 Å². The number of piperidine rings is 1. The van der Waals surface area contributed by atoms with E-state index in [1.54, 1.807) is 4.90 Å². The molecule has 146 valence electrons. The Kier molecular flexibility index (Phi) is 12.6. The summed E-state index contributed by atoms with van der Waals surface area (Å²) in [4.78, 5) is 13.5. The Hall–Kier alpha value is -0.0600. The molecule has 0 saturated carbocycles. The van der Waals surface area contributed by atoms with Crippen molar-refractivity contribution in [3.05, 3.63) is 0 Å². The van der Waals surface area contributed by atoms with Crippen molar-refractivity contribution in [2.24, 2.45) is 0 Å². The largest absolute Gasteiger partial charge is 1.00 e. The van der Waals surface area contributed by atoms with E-state index >= 15 is 0 Å².